The average molecular weight is 469 g/mol. The molecule has 2 heterocycles. The van der Waals surface area contributed by atoms with Crippen molar-refractivity contribution in [1.82, 2.24) is 9.47 Å². The lowest BCUT2D eigenvalue weighted by atomic mass is 10.2. The second-order valence-electron chi connectivity index (χ2n) is 8.10. The maximum absolute atomic E-state index is 13.9. The van der Waals surface area contributed by atoms with Crippen molar-refractivity contribution in [3.05, 3.63) is 88.3 Å². The molecule has 0 aliphatic carbocycles. The van der Waals surface area contributed by atoms with Crippen LogP contribution >= 0.6 is 0 Å². The van der Waals surface area contributed by atoms with Crippen LogP contribution in [0.1, 0.15) is 5.69 Å². The molecule has 1 aliphatic heterocycles. The van der Waals surface area contributed by atoms with E-state index in [4.69, 9.17) is 4.74 Å². The summed E-state index contributed by atoms with van der Waals surface area (Å²) in [6, 6.07) is 14.6. The zero-order valence-corrected chi connectivity index (χ0v) is 18.8. The second kappa shape index (κ2) is 10.5. The van der Waals surface area contributed by atoms with Gasteiger partial charge in [0.25, 0.3) is 0 Å². The van der Waals surface area contributed by atoms with Gasteiger partial charge in [-0.25, -0.2) is 8.78 Å². The van der Waals surface area contributed by atoms with Crippen LogP contribution in [0.15, 0.2) is 65.6 Å². The van der Waals surface area contributed by atoms with Crippen molar-refractivity contribution in [2.24, 2.45) is 0 Å². The molecule has 1 aliphatic rings. The van der Waals surface area contributed by atoms with Gasteiger partial charge in [0.05, 0.1) is 19.0 Å². The number of nitrogens with one attached hydrogen (secondary N) is 1. The van der Waals surface area contributed by atoms with Gasteiger partial charge in [0.1, 0.15) is 18.2 Å². The van der Waals surface area contributed by atoms with Crippen LogP contribution in [0.25, 0.3) is 0 Å². The van der Waals surface area contributed by atoms with Crippen molar-refractivity contribution in [2.75, 3.05) is 43.5 Å². The maximum Gasteiger partial charge on any atom is 0.244 e. The quantitative estimate of drug-likeness (QED) is 0.577. The number of ether oxygens (including phenoxy) is 1. The normalized spacial score (nSPS) is 14.1. The van der Waals surface area contributed by atoms with E-state index in [1.54, 1.807) is 4.57 Å². The fourth-order valence-electron chi connectivity index (χ4n) is 4.00. The van der Waals surface area contributed by atoms with Crippen LogP contribution in [-0.4, -0.2) is 48.7 Å². The van der Waals surface area contributed by atoms with Crippen molar-refractivity contribution in [2.45, 2.75) is 13.1 Å². The molecule has 1 aromatic heterocycles. The Morgan fingerprint density at radius 2 is 1.76 bits per heavy atom. The lowest BCUT2D eigenvalue weighted by Gasteiger charge is -2.36. The predicted molar refractivity (Wildman–Crippen MR) is 126 cm³/mol. The third kappa shape index (κ3) is 5.60. The van der Waals surface area contributed by atoms with Gasteiger partial charge in [-0.3, -0.25) is 14.5 Å². The minimum Gasteiger partial charge on any atom is -0.491 e. The van der Waals surface area contributed by atoms with E-state index >= 15 is 0 Å². The van der Waals surface area contributed by atoms with Crippen LogP contribution in [0.5, 0.6) is 5.75 Å². The average Bonchev–Trinajstić information content (AvgIpc) is 2.83. The van der Waals surface area contributed by atoms with Crippen molar-refractivity contribution in [3.63, 3.8) is 0 Å². The SMILES string of the molecule is COc1cn(CC(=O)Nc2ccc(F)cc2F)c(CN2CCN(c3ccccc3)CC2)cc1=O. The molecule has 0 radical (unpaired) electrons. The number of hydrogen-bond donors (Lipinski definition) is 1. The van der Waals surface area contributed by atoms with E-state index in [9.17, 15) is 18.4 Å². The number of methoxy groups -OCH3 is 1. The number of nitrogens with zero attached hydrogens (tertiary/aromatic N) is 3. The standard InChI is InChI=1S/C25H26F2N4O3/c1-34-24-16-31(17-25(33)28-22-8-7-18(26)13-21(22)27)20(14-23(24)32)15-29-9-11-30(12-10-29)19-5-3-2-4-6-19/h2-8,13-14,16H,9-12,15,17H2,1H3,(H,28,33). The number of piperazine rings is 1. The number of hydrogen-bond acceptors (Lipinski definition) is 5. The molecule has 2 aromatic carbocycles. The predicted octanol–water partition coefficient (Wildman–Crippen LogP) is 3.10. The zero-order valence-electron chi connectivity index (χ0n) is 18.8. The topological polar surface area (TPSA) is 66.8 Å². The number of halogens is 2. The van der Waals surface area contributed by atoms with E-state index < -0.39 is 17.5 Å². The Morgan fingerprint density at radius 1 is 1.03 bits per heavy atom. The molecule has 34 heavy (non-hydrogen) atoms. The highest BCUT2D eigenvalue weighted by molar-refractivity contribution is 5.90. The van der Waals surface area contributed by atoms with Gasteiger partial charge >= 0.3 is 0 Å². The summed E-state index contributed by atoms with van der Waals surface area (Å²) in [5.74, 6) is -1.98. The molecule has 3 aromatic rings. The number of aromatic nitrogens is 1. The molecule has 178 valence electrons. The molecule has 1 amide bonds. The van der Waals surface area contributed by atoms with E-state index in [0.717, 1.165) is 32.2 Å². The number of carbonyl (C=O) groups is 1. The van der Waals surface area contributed by atoms with E-state index in [0.29, 0.717) is 18.3 Å². The Hall–Kier alpha value is -3.72. The van der Waals surface area contributed by atoms with Crippen molar-refractivity contribution in [1.29, 1.82) is 0 Å². The lowest BCUT2D eigenvalue weighted by Crippen LogP contribution is -2.46. The fourth-order valence-corrected chi connectivity index (χ4v) is 4.00. The van der Waals surface area contributed by atoms with Crippen molar-refractivity contribution < 1.29 is 18.3 Å². The molecule has 0 bridgehead atoms. The monoisotopic (exact) mass is 468 g/mol. The van der Waals surface area contributed by atoms with E-state index in [1.807, 2.05) is 18.2 Å². The first-order valence-electron chi connectivity index (χ1n) is 11.0. The van der Waals surface area contributed by atoms with E-state index in [-0.39, 0.29) is 23.4 Å². The van der Waals surface area contributed by atoms with Crippen molar-refractivity contribution in [3.8, 4) is 5.75 Å². The van der Waals surface area contributed by atoms with Crippen LogP contribution in [0, 0.1) is 11.6 Å². The van der Waals surface area contributed by atoms with Gasteiger partial charge in [-0.1, -0.05) is 18.2 Å². The Kier molecular flexibility index (Phi) is 7.22. The Bertz CT molecular complexity index is 1210. The third-order valence-corrected chi connectivity index (χ3v) is 5.80. The highest BCUT2D eigenvalue weighted by atomic mass is 19.1. The number of amides is 1. The second-order valence-corrected chi connectivity index (χ2v) is 8.10. The zero-order chi connectivity index (χ0) is 24.1. The molecule has 9 heteroatoms. The van der Waals surface area contributed by atoms with Gasteiger partial charge < -0.3 is 19.5 Å². The van der Waals surface area contributed by atoms with E-state index in [2.05, 4.69) is 27.2 Å². The smallest absolute Gasteiger partial charge is 0.244 e. The Balaban J connectivity index is 1.46. The molecule has 0 spiro atoms. The minimum atomic E-state index is -0.859. The molecule has 1 N–H and O–H groups in total. The summed E-state index contributed by atoms with van der Waals surface area (Å²) < 4.78 is 33.8. The summed E-state index contributed by atoms with van der Waals surface area (Å²) in [4.78, 5) is 29.5. The first-order chi connectivity index (χ1) is 16.4. The first-order valence-corrected chi connectivity index (χ1v) is 11.0. The third-order valence-electron chi connectivity index (χ3n) is 5.80. The lowest BCUT2D eigenvalue weighted by molar-refractivity contribution is -0.116. The highest BCUT2D eigenvalue weighted by Gasteiger charge is 2.20. The summed E-state index contributed by atoms with van der Waals surface area (Å²) in [7, 11) is 1.39. The number of rotatable bonds is 7. The molecule has 0 saturated carbocycles. The van der Waals surface area contributed by atoms with Gasteiger partial charge in [0.15, 0.2) is 5.75 Å². The largest absolute Gasteiger partial charge is 0.491 e. The van der Waals surface area contributed by atoms with Crippen molar-refractivity contribution >= 4 is 17.3 Å². The first kappa shape index (κ1) is 23.4. The van der Waals surface area contributed by atoms with Gasteiger partial charge in [0.2, 0.25) is 11.3 Å². The number of anilines is 2. The summed E-state index contributed by atoms with van der Waals surface area (Å²) in [6.45, 7) is 3.58. The molecule has 4 rings (SSSR count). The highest BCUT2D eigenvalue weighted by Crippen LogP contribution is 2.18. The van der Waals surface area contributed by atoms with E-state index in [1.165, 1.54) is 31.1 Å². The molecule has 1 fully saturated rings. The Morgan fingerprint density at radius 3 is 2.44 bits per heavy atom. The molecular formula is C25H26F2N4O3. The molecular weight excluding hydrogens is 442 g/mol. The summed E-state index contributed by atoms with van der Waals surface area (Å²) in [5.41, 5.74) is 1.43. The van der Waals surface area contributed by atoms with Crippen LogP contribution in [0.2, 0.25) is 0 Å². The number of para-hydroxylation sites is 1. The summed E-state index contributed by atoms with van der Waals surface area (Å²) in [6.07, 6.45) is 1.48. The molecule has 7 nitrogen and oxygen atoms in total. The minimum absolute atomic E-state index is 0.110. The molecule has 0 atom stereocenters. The van der Waals surface area contributed by atoms with Crippen LogP contribution in [0.4, 0.5) is 20.2 Å². The van der Waals surface area contributed by atoms with Gasteiger partial charge in [0, 0.05) is 56.2 Å². The maximum atomic E-state index is 13.9. The van der Waals surface area contributed by atoms with Gasteiger partial charge in [-0.15, -0.1) is 0 Å². The van der Waals surface area contributed by atoms with Gasteiger partial charge in [-0.2, -0.15) is 0 Å². The van der Waals surface area contributed by atoms with Crippen LogP contribution in [-0.2, 0) is 17.9 Å². The van der Waals surface area contributed by atoms with Crippen LogP contribution in [0.3, 0.4) is 0 Å². The molecule has 1 saturated heterocycles. The number of benzene rings is 2. The summed E-state index contributed by atoms with van der Waals surface area (Å²) in [5, 5.41) is 2.45. The summed E-state index contributed by atoms with van der Waals surface area (Å²) >= 11 is 0. The van der Waals surface area contributed by atoms with Crippen LogP contribution < -0.4 is 20.4 Å². The number of carbonyl (C=O) groups excluding carboxylic acids is 1. The molecule has 0 unspecified atom stereocenters. The fraction of sp³-hybridized carbons (Fsp3) is 0.280. The number of pyridine rings is 1. The Labute approximate surface area is 196 Å². The van der Waals surface area contributed by atoms with Gasteiger partial charge in [-0.05, 0) is 24.3 Å².